The van der Waals surface area contributed by atoms with Crippen LogP contribution in [-0.2, 0) is 6.54 Å². The van der Waals surface area contributed by atoms with E-state index < -0.39 is 0 Å². The zero-order valence-corrected chi connectivity index (χ0v) is 15.2. The molecule has 0 amide bonds. The number of thiophene rings is 1. The van der Waals surface area contributed by atoms with Crippen LogP contribution in [0.25, 0.3) is 0 Å². The Bertz CT molecular complexity index is 370. The van der Waals surface area contributed by atoms with Gasteiger partial charge in [-0.15, -0.1) is 11.3 Å². The fourth-order valence-corrected chi connectivity index (χ4v) is 3.28. The van der Waals surface area contributed by atoms with Crippen LogP contribution >= 0.6 is 27.3 Å². The smallest absolute Gasteiger partial charge is 0.0701 e. The maximum Gasteiger partial charge on any atom is 0.0701 e. The minimum absolute atomic E-state index is 0.193. The van der Waals surface area contributed by atoms with Crippen molar-refractivity contribution in [1.29, 1.82) is 0 Å². The fourth-order valence-electron chi connectivity index (χ4n) is 2.08. The van der Waals surface area contributed by atoms with Gasteiger partial charge in [-0.25, -0.2) is 0 Å². The van der Waals surface area contributed by atoms with Crippen molar-refractivity contribution < 1.29 is 0 Å². The molecule has 4 heteroatoms. The first kappa shape index (κ1) is 17.2. The highest BCUT2D eigenvalue weighted by atomic mass is 79.9. The Morgan fingerprint density at radius 3 is 2.58 bits per heavy atom. The van der Waals surface area contributed by atoms with Crippen LogP contribution in [0.4, 0.5) is 0 Å². The zero-order chi connectivity index (χ0) is 14.5. The number of hydrogen-bond donors (Lipinski definition) is 1. The van der Waals surface area contributed by atoms with E-state index in [2.05, 4.69) is 72.3 Å². The molecule has 0 saturated carbocycles. The number of likely N-dealkylation sites (N-methyl/N-ethyl adjacent to an activating group) is 1. The van der Waals surface area contributed by atoms with E-state index in [9.17, 15) is 0 Å². The third-order valence-electron chi connectivity index (χ3n) is 3.17. The first-order chi connectivity index (χ1) is 8.81. The lowest BCUT2D eigenvalue weighted by atomic mass is 10.1. The van der Waals surface area contributed by atoms with Crippen molar-refractivity contribution >= 4 is 27.3 Å². The van der Waals surface area contributed by atoms with Gasteiger partial charge in [0.15, 0.2) is 0 Å². The van der Waals surface area contributed by atoms with Gasteiger partial charge in [-0.1, -0.05) is 13.3 Å². The van der Waals surface area contributed by atoms with E-state index in [1.54, 1.807) is 11.3 Å². The number of halogens is 1. The van der Waals surface area contributed by atoms with Gasteiger partial charge >= 0.3 is 0 Å². The average Bonchev–Trinajstić information content (AvgIpc) is 2.68. The van der Waals surface area contributed by atoms with Crippen LogP contribution in [0.15, 0.2) is 15.2 Å². The van der Waals surface area contributed by atoms with Gasteiger partial charge in [-0.2, -0.15) is 0 Å². The van der Waals surface area contributed by atoms with Crippen molar-refractivity contribution in [3.8, 4) is 0 Å². The van der Waals surface area contributed by atoms with Crippen LogP contribution in [0.3, 0.4) is 0 Å². The van der Waals surface area contributed by atoms with E-state index in [0.29, 0.717) is 6.04 Å². The lowest BCUT2D eigenvalue weighted by Gasteiger charge is -2.31. The molecule has 0 radical (unpaired) electrons. The summed E-state index contributed by atoms with van der Waals surface area (Å²) in [7, 11) is 2.23. The van der Waals surface area contributed by atoms with Gasteiger partial charge in [-0.3, -0.25) is 4.90 Å². The number of nitrogens with one attached hydrogen (secondary N) is 1. The van der Waals surface area contributed by atoms with Crippen LogP contribution in [0.1, 0.15) is 46.1 Å². The van der Waals surface area contributed by atoms with Crippen molar-refractivity contribution in [3.63, 3.8) is 0 Å². The highest BCUT2D eigenvalue weighted by Crippen LogP contribution is 2.22. The van der Waals surface area contributed by atoms with Gasteiger partial charge in [-0.05, 0) is 67.2 Å². The highest BCUT2D eigenvalue weighted by Gasteiger charge is 2.17. The van der Waals surface area contributed by atoms with Gasteiger partial charge in [0, 0.05) is 24.7 Å². The second-order valence-corrected chi connectivity index (χ2v) is 8.54. The molecule has 1 N–H and O–H groups in total. The fraction of sp³-hybridized carbons (Fsp3) is 0.733. The molecule has 0 saturated heterocycles. The molecule has 1 rings (SSSR count). The third-order valence-corrected chi connectivity index (χ3v) is 4.72. The molecule has 0 bridgehead atoms. The number of rotatable bonds is 7. The summed E-state index contributed by atoms with van der Waals surface area (Å²) >= 11 is 5.30. The summed E-state index contributed by atoms with van der Waals surface area (Å²) in [6.45, 7) is 11.0. The molecule has 1 aromatic rings. The molecule has 1 unspecified atom stereocenters. The molecule has 19 heavy (non-hydrogen) atoms. The molecule has 0 aliphatic heterocycles. The summed E-state index contributed by atoms with van der Waals surface area (Å²) in [5.41, 5.74) is 1.59. The summed E-state index contributed by atoms with van der Waals surface area (Å²) in [5, 5.41) is 5.87. The minimum Gasteiger partial charge on any atom is -0.311 e. The molecule has 1 heterocycles. The summed E-state index contributed by atoms with van der Waals surface area (Å²) in [4.78, 5) is 2.47. The molecule has 0 spiro atoms. The zero-order valence-electron chi connectivity index (χ0n) is 12.8. The lowest BCUT2D eigenvalue weighted by Crippen LogP contribution is -2.46. The molecule has 0 aliphatic carbocycles. The van der Waals surface area contributed by atoms with Crippen molar-refractivity contribution in [2.45, 2.75) is 58.7 Å². The Morgan fingerprint density at radius 2 is 2.11 bits per heavy atom. The SMILES string of the molecule is CCCC(CNC(C)(C)C)N(C)Cc1csc(Br)c1. The van der Waals surface area contributed by atoms with Gasteiger partial charge < -0.3 is 5.32 Å². The van der Waals surface area contributed by atoms with Crippen molar-refractivity contribution in [1.82, 2.24) is 10.2 Å². The summed E-state index contributed by atoms with van der Waals surface area (Å²) in [6, 6.07) is 2.82. The van der Waals surface area contributed by atoms with Crippen LogP contribution in [0.5, 0.6) is 0 Å². The Balaban J connectivity index is 2.54. The Morgan fingerprint density at radius 1 is 1.42 bits per heavy atom. The van der Waals surface area contributed by atoms with E-state index in [1.807, 2.05) is 0 Å². The van der Waals surface area contributed by atoms with E-state index in [-0.39, 0.29) is 5.54 Å². The lowest BCUT2D eigenvalue weighted by molar-refractivity contribution is 0.203. The van der Waals surface area contributed by atoms with Gasteiger partial charge in [0.2, 0.25) is 0 Å². The van der Waals surface area contributed by atoms with Crippen LogP contribution in [0, 0.1) is 0 Å². The molecular formula is C15H27BrN2S. The Kier molecular flexibility index (Phi) is 7.01. The quantitative estimate of drug-likeness (QED) is 0.781. The molecule has 0 fully saturated rings. The van der Waals surface area contributed by atoms with E-state index in [0.717, 1.165) is 13.1 Å². The minimum atomic E-state index is 0.193. The molecule has 0 aliphatic rings. The molecule has 1 atom stereocenters. The van der Waals surface area contributed by atoms with Crippen molar-refractivity contribution in [3.05, 3.63) is 20.8 Å². The number of hydrogen-bond acceptors (Lipinski definition) is 3. The standard InChI is InChI=1S/C15H27BrN2S/c1-6-7-13(9-17-15(2,3)4)18(5)10-12-8-14(16)19-11-12/h8,11,13,17H,6-7,9-10H2,1-5H3. The normalized spacial score (nSPS) is 14.1. The molecule has 2 nitrogen and oxygen atoms in total. The highest BCUT2D eigenvalue weighted by molar-refractivity contribution is 9.11. The van der Waals surface area contributed by atoms with E-state index in [4.69, 9.17) is 0 Å². The third kappa shape index (κ3) is 6.89. The number of nitrogens with zero attached hydrogens (tertiary/aromatic N) is 1. The molecular weight excluding hydrogens is 320 g/mol. The maximum absolute atomic E-state index is 3.63. The summed E-state index contributed by atoms with van der Waals surface area (Å²) < 4.78 is 1.22. The van der Waals surface area contributed by atoms with Crippen LogP contribution in [-0.4, -0.2) is 30.1 Å². The Labute approximate surface area is 130 Å². The van der Waals surface area contributed by atoms with Crippen LogP contribution in [0.2, 0.25) is 0 Å². The summed E-state index contributed by atoms with van der Waals surface area (Å²) in [6.07, 6.45) is 2.47. The Hall–Kier alpha value is 0.100. The van der Waals surface area contributed by atoms with Crippen molar-refractivity contribution in [2.75, 3.05) is 13.6 Å². The van der Waals surface area contributed by atoms with E-state index in [1.165, 1.54) is 22.2 Å². The van der Waals surface area contributed by atoms with E-state index >= 15 is 0 Å². The first-order valence-corrected chi connectivity index (χ1v) is 8.67. The van der Waals surface area contributed by atoms with Crippen LogP contribution < -0.4 is 5.32 Å². The van der Waals surface area contributed by atoms with Gasteiger partial charge in [0.05, 0.1) is 3.79 Å². The first-order valence-electron chi connectivity index (χ1n) is 7.00. The molecule has 1 aromatic heterocycles. The van der Waals surface area contributed by atoms with Gasteiger partial charge in [0.25, 0.3) is 0 Å². The predicted molar refractivity (Wildman–Crippen MR) is 89.9 cm³/mol. The second-order valence-electron chi connectivity index (χ2n) is 6.25. The second kappa shape index (κ2) is 7.77. The van der Waals surface area contributed by atoms with Crippen molar-refractivity contribution in [2.24, 2.45) is 0 Å². The largest absolute Gasteiger partial charge is 0.311 e. The topological polar surface area (TPSA) is 15.3 Å². The predicted octanol–water partition coefficient (Wildman–Crippen LogP) is 4.50. The molecule has 110 valence electrons. The van der Waals surface area contributed by atoms with Gasteiger partial charge in [0.1, 0.15) is 0 Å². The maximum atomic E-state index is 3.63. The molecule has 0 aromatic carbocycles. The monoisotopic (exact) mass is 346 g/mol. The average molecular weight is 347 g/mol. The summed E-state index contributed by atoms with van der Waals surface area (Å²) in [5.74, 6) is 0.